The van der Waals surface area contributed by atoms with E-state index < -0.39 is 5.41 Å². The third-order valence-corrected chi connectivity index (χ3v) is 4.17. The van der Waals surface area contributed by atoms with Gasteiger partial charge in [-0.3, -0.25) is 30.6 Å². The van der Waals surface area contributed by atoms with E-state index in [0.717, 1.165) is 12.8 Å². The molecule has 0 radical (unpaired) electrons. The Bertz CT molecular complexity index is 502. The zero-order chi connectivity index (χ0) is 16.0. The summed E-state index contributed by atoms with van der Waals surface area (Å²) >= 11 is 0. The number of hydrogen-bond acceptors (Lipinski definition) is 6. The Labute approximate surface area is 128 Å². The smallest absolute Gasteiger partial charge is 0.246 e. The number of nitrogens with one attached hydrogen (secondary N) is 2. The van der Waals surface area contributed by atoms with Crippen LogP contribution in [0.1, 0.15) is 32.6 Å². The van der Waals surface area contributed by atoms with E-state index in [1.165, 1.54) is 18.6 Å². The maximum absolute atomic E-state index is 12.6. The topological polar surface area (TPSA) is 107 Å². The second kappa shape index (κ2) is 7.17. The minimum atomic E-state index is -0.794. The summed E-state index contributed by atoms with van der Waals surface area (Å²) in [6.45, 7) is 2.12. The lowest BCUT2D eigenvalue weighted by atomic mass is 9.70. The highest BCUT2D eigenvalue weighted by molar-refractivity contribution is 5.84. The number of aromatic nitrogens is 2. The van der Waals surface area contributed by atoms with Crippen molar-refractivity contribution < 1.29 is 14.8 Å². The van der Waals surface area contributed by atoms with Gasteiger partial charge in [0.1, 0.15) is 0 Å². The normalized spacial score (nSPS) is 24.4. The number of hydroxylamine groups is 2. The standard InChI is InChI=1S/C14H21N5O3/c1-11-2-4-14(5-3-11,9-19(22)10-20)13(21)18-17-12-8-15-6-7-16-12/h6-8,10-11,22H,2-5,9H2,1H3,(H,16,17)(H,18,21). The SMILES string of the molecule is CC1CCC(CN(O)C=O)(C(=O)NNc2cnccn2)CC1. The van der Waals surface area contributed by atoms with Crippen LogP contribution in [0.2, 0.25) is 0 Å². The molecule has 3 N–H and O–H groups in total. The molecule has 120 valence electrons. The van der Waals surface area contributed by atoms with Gasteiger partial charge in [-0.2, -0.15) is 0 Å². The monoisotopic (exact) mass is 307 g/mol. The number of nitrogens with zero attached hydrogens (tertiary/aromatic N) is 3. The molecule has 0 spiro atoms. The fourth-order valence-electron chi connectivity index (χ4n) is 2.74. The van der Waals surface area contributed by atoms with Crippen molar-refractivity contribution >= 4 is 18.1 Å². The predicted octanol–water partition coefficient (Wildman–Crippen LogP) is 0.964. The minimum Gasteiger partial charge on any atom is -0.286 e. The third kappa shape index (κ3) is 3.91. The maximum Gasteiger partial charge on any atom is 0.246 e. The molecule has 2 rings (SSSR count). The molecule has 2 amide bonds. The molecule has 1 aliphatic rings. The molecule has 0 bridgehead atoms. The van der Waals surface area contributed by atoms with Crippen LogP contribution in [0, 0.1) is 11.3 Å². The molecule has 1 heterocycles. The van der Waals surface area contributed by atoms with Crippen molar-refractivity contribution in [3.63, 3.8) is 0 Å². The van der Waals surface area contributed by atoms with Gasteiger partial charge in [-0.25, -0.2) is 10.0 Å². The van der Waals surface area contributed by atoms with Crippen molar-refractivity contribution in [2.24, 2.45) is 11.3 Å². The van der Waals surface area contributed by atoms with Crippen LogP contribution in [0.15, 0.2) is 18.6 Å². The van der Waals surface area contributed by atoms with Crippen LogP contribution in [0.3, 0.4) is 0 Å². The van der Waals surface area contributed by atoms with Crippen LogP contribution < -0.4 is 10.9 Å². The fraction of sp³-hybridized carbons (Fsp3) is 0.571. The summed E-state index contributed by atoms with van der Waals surface area (Å²) in [6, 6.07) is 0. The highest BCUT2D eigenvalue weighted by Crippen LogP contribution is 2.39. The number of hydrazine groups is 1. The van der Waals surface area contributed by atoms with Crippen LogP contribution in [-0.4, -0.2) is 39.1 Å². The maximum atomic E-state index is 12.6. The van der Waals surface area contributed by atoms with Gasteiger partial charge in [-0.1, -0.05) is 6.92 Å². The first-order chi connectivity index (χ1) is 10.6. The largest absolute Gasteiger partial charge is 0.286 e. The van der Waals surface area contributed by atoms with E-state index in [2.05, 4.69) is 27.7 Å². The van der Waals surface area contributed by atoms with E-state index in [1.807, 2.05) is 0 Å². The first kappa shape index (κ1) is 16.2. The highest BCUT2D eigenvalue weighted by atomic mass is 16.5. The predicted molar refractivity (Wildman–Crippen MR) is 78.4 cm³/mol. The Balaban J connectivity index is 2.04. The van der Waals surface area contributed by atoms with Crippen LogP contribution >= 0.6 is 0 Å². The third-order valence-electron chi connectivity index (χ3n) is 4.17. The summed E-state index contributed by atoms with van der Waals surface area (Å²) in [4.78, 5) is 31.2. The van der Waals surface area contributed by atoms with E-state index in [-0.39, 0.29) is 12.5 Å². The van der Waals surface area contributed by atoms with Crippen molar-refractivity contribution in [1.29, 1.82) is 0 Å². The van der Waals surface area contributed by atoms with Gasteiger partial charge in [0.05, 0.1) is 18.2 Å². The van der Waals surface area contributed by atoms with Crippen molar-refractivity contribution in [2.45, 2.75) is 32.6 Å². The Kier molecular flexibility index (Phi) is 5.26. The molecule has 0 aromatic carbocycles. The Hall–Kier alpha value is -2.22. The summed E-state index contributed by atoms with van der Waals surface area (Å²) in [7, 11) is 0. The van der Waals surface area contributed by atoms with Crippen LogP contribution in [0.25, 0.3) is 0 Å². The Morgan fingerprint density at radius 1 is 1.50 bits per heavy atom. The van der Waals surface area contributed by atoms with Gasteiger partial charge < -0.3 is 0 Å². The number of carbonyl (C=O) groups excluding carboxylic acids is 2. The number of carbonyl (C=O) groups is 2. The molecule has 0 unspecified atom stereocenters. The average molecular weight is 307 g/mol. The van der Waals surface area contributed by atoms with Crippen LogP contribution in [0.4, 0.5) is 5.82 Å². The van der Waals surface area contributed by atoms with Crippen molar-refractivity contribution in [3.05, 3.63) is 18.6 Å². The molecule has 1 aromatic heterocycles. The molecule has 8 nitrogen and oxygen atoms in total. The minimum absolute atomic E-state index is 0.0167. The van der Waals surface area contributed by atoms with Crippen molar-refractivity contribution in [1.82, 2.24) is 20.5 Å². The zero-order valence-electron chi connectivity index (χ0n) is 12.5. The summed E-state index contributed by atoms with van der Waals surface area (Å²) in [5, 5.41) is 10.1. The Morgan fingerprint density at radius 3 is 2.82 bits per heavy atom. The second-order valence-corrected chi connectivity index (χ2v) is 5.84. The lowest BCUT2D eigenvalue weighted by Gasteiger charge is -2.38. The summed E-state index contributed by atoms with van der Waals surface area (Å²) < 4.78 is 0. The molecule has 0 aliphatic heterocycles. The molecule has 8 heteroatoms. The number of amides is 2. The summed E-state index contributed by atoms with van der Waals surface area (Å²) in [6.07, 6.45) is 7.85. The summed E-state index contributed by atoms with van der Waals surface area (Å²) in [5.41, 5.74) is 4.52. The van der Waals surface area contributed by atoms with E-state index in [0.29, 0.717) is 36.1 Å². The van der Waals surface area contributed by atoms with Crippen molar-refractivity contribution in [2.75, 3.05) is 12.0 Å². The van der Waals surface area contributed by atoms with Crippen molar-refractivity contribution in [3.8, 4) is 0 Å². The zero-order valence-corrected chi connectivity index (χ0v) is 12.5. The molecule has 1 aliphatic carbocycles. The molecule has 0 saturated heterocycles. The van der Waals surface area contributed by atoms with Crippen LogP contribution in [0.5, 0.6) is 0 Å². The van der Waals surface area contributed by atoms with Gasteiger partial charge in [0, 0.05) is 12.4 Å². The number of hydrogen-bond donors (Lipinski definition) is 3. The highest BCUT2D eigenvalue weighted by Gasteiger charge is 2.42. The van der Waals surface area contributed by atoms with Gasteiger partial charge in [0.25, 0.3) is 0 Å². The second-order valence-electron chi connectivity index (χ2n) is 5.84. The molecular weight excluding hydrogens is 286 g/mol. The lowest BCUT2D eigenvalue weighted by molar-refractivity contribution is -0.163. The fourth-order valence-corrected chi connectivity index (χ4v) is 2.74. The molecule has 1 saturated carbocycles. The molecule has 22 heavy (non-hydrogen) atoms. The average Bonchev–Trinajstić information content (AvgIpc) is 2.55. The summed E-state index contributed by atoms with van der Waals surface area (Å²) in [5.74, 6) is 0.703. The quantitative estimate of drug-likeness (QED) is 0.410. The lowest BCUT2D eigenvalue weighted by Crippen LogP contribution is -2.50. The first-order valence-corrected chi connectivity index (χ1v) is 7.29. The van der Waals surface area contributed by atoms with Crippen LogP contribution in [-0.2, 0) is 9.59 Å². The van der Waals surface area contributed by atoms with Gasteiger partial charge >= 0.3 is 0 Å². The van der Waals surface area contributed by atoms with E-state index in [9.17, 15) is 14.8 Å². The van der Waals surface area contributed by atoms with Gasteiger partial charge in [-0.15, -0.1) is 0 Å². The number of anilines is 1. The van der Waals surface area contributed by atoms with Gasteiger partial charge in [0.15, 0.2) is 5.82 Å². The van der Waals surface area contributed by atoms with E-state index in [4.69, 9.17) is 0 Å². The molecule has 1 fully saturated rings. The molecular formula is C14H21N5O3. The Morgan fingerprint density at radius 2 is 2.23 bits per heavy atom. The van der Waals surface area contributed by atoms with E-state index in [1.54, 1.807) is 0 Å². The van der Waals surface area contributed by atoms with Gasteiger partial charge in [0.2, 0.25) is 12.3 Å². The van der Waals surface area contributed by atoms with E-state index >= 15 is 0 Å². The van der Waals surface area contributed by atoms with Gasteiger partial charge in [-0.05, 0) is 31.6 Å². The first-order valence-electron chi connectivity index (χ1n) is 7.29. The number of rotatable bonds is 6. The molecule has 1 aromatic rings. The molecule has 0 atom stereocenters.